The summed E-state index contributed by atoms with van der Waals surface area (Å²) in [5.41, 5.74) is 2.45. The molecule has 0 aliphatic carbocycles. The van der Waals surface area contributed by atoms with Crippen molar-refractivity contribution in [1.82, 2.24) is 10.2 Å². The van der Waals surface area contributed by atoms with Gasteiger partial charge in [-0.25, -0.2) is 8.42 Å². The number of hydrogen-bond donors (Lipinski definition) is 1. The molecule has 0 unspecified atom stereocenters. The summed E-state index contributed by atoms with van der Waals surface area (Å²) in [5, 5.41) is 2.82. The summed E-state index contributed by atoms with van der Waals surface area (Å²) in [7, 11) is -3.60. The van der Waals surface area contributed by atoms with Crippen LogP contribution >= 0.6 is 0 Å². The van der Waals surface area contributed by atoms with E-state index in [1.165, 1.54) is 4.31 Å². The largest absolute Gasteiger partial charge is 0.454 e. The Morgan fingerprint density at radius 2 is 1.83 bits per heavy atom. The highest BCUT2D eigenvalue weighted by Crippen LogP contribution is 2.36. The van der Waals surface area contributed by atoms with Crippen LogP contribution in [0.15, 0.2) is 42.5 Å². The van der Waals surface area contributed by atoms with Crippen molar-refractivity contribution >= 4 is 27.5 Å². The van der Waals surface area contributed by atoms with Gasteiger partial charge in [-0.2, -0.15) is 0 Å². The van der Waals surface area contributed by atoms with Crippen molar-refractivity contribution in [2.45, 2.75) is 52.6 Å². The number of amides is 2. The van der Waals surface area contributed by atoms with E-state index in [2.05, 4.69) is 5.32 Å². The number of nitrogens with one attached hydrogen (secondary N) is 1. The van der Waals surface area contributed by atoms with Gasteiger partial charge in [0.1, 0.15) is 6.04 Å². The van der Waals surface area contributed by atoms with Gasteiger partial charge in [0.05, 0.1) is 11.9 Å². The van der Waals surface area contributed by atoms with Gasteiger partial charge < -0.3 is 19.7 Å². The van der Waals surface area contributed by atoms with E-state index in [0.717, 1.165) is 17.4 Å². The lowest BCUT2D eigenvalue weighted by molar-refractivity contribution is -0.141. The van der Waals surface area contributed by atoms with Crippen LogP contribution < -0.4 is 19.1 Å². The number of aryl methyl sites for hydroxylation is 1. The average molecular weight is 518 g/mol. The molecule has 2 amide bonds. The van der Waals surface area contributed by atoms with E-state index in [9.17, 15) is 18.0 Å². The van der Waals surface area contributed by atoms with Crippen LogP contribution in [0.1, 0.15) is 44.2 Å². The minimum absolute atomic E-state index is 0.0904. The minimum atomic E-state index is -3.60. The van der Waals surface area contributed by atoms with E-state index >= 15 is 0 Å². The molecule has 2 aromatic carbocycles. The number of ether oxygens (including phenoxy) is 2. The summed E-state index contributed by atoms with van der Waals surface area (Å²) in [5.74, 6) is 0.646. The summed E-state index contributed by atoms with van der Waals surface area (Å²) >= 11 is 0. The molecule has 9 nitrogen and oxygen atoms in total. The molecule has 0 radical (unpaired) electrons. The summed E-state index contributed by atoms with van der Waals surface area (Å²) in [4.78, 5) is 27.8. The normalized spacial score (nSPS) is 13.2. The highest BCUT2D eigenvalue weighted by molar-refractivity contribution is 7.92. The first kappa shape index (κ1) is 27.3. The Balaban J connectivity index is 1.75. The van der Waals surface area contributed by atoms with Crippen LogP contribution in [0.25, 0.3) is 0 Å². The van der Waals surface area contributed by atoms with E-state index < -0.39 is 16.1 Å². The van der Waals surface area contributed by atoms with Gasteiger partial charge in [-0.1, -0.05) is 36.8 Å². The molecule has 0 fully saturated rings. The van der Waals surface area contributed by atoms with Gasteiger partial charge in [-0.3, -0.25) is 13.9 Å². The highest BCUT2D eigenvalue weighted by Gasteiger charge is 2.29. The van der Waals surface area contributed by atoms with Crippen LogP contribution in [0.2, 0.25) is 0 Å². The van der Waals surface area contributed by atoms with E-state index in [-0.39, 0.29) is 38.0 Å². The van der Waals surface area contributed by atoms with Crippen molar-refractivity contribution in [2.24, 2.45) is 0 Å². The Morgan fingerprint density at radius 1 is 1.08 bits per heavy atom. The number of carbonyl (C=O) groups is 2. The van der Waals surface area contributed by atoms with Crippen LogP contribution in [-0.4, -0.2) is 57.3 Å². The van der Waals surface area contributed by atoms with Crippen molar-refractivity contribution in [1.29, 1.82) is 0 Å². The van der Waals surface area contributed by atoms with Crippen molar-refractivity contribution < 1.29 is 27.5 Å². The fourth-order valence-electron chi connectivity index (χ4n) is 4.26. The molecule has 36 heavy (non-hydrogen) atoms. The van der Waals surface area contributed by atoms with Crippen LogP contribution in [0, 0.1) is 6.92 Å². The van der Waals surface area contributed by atoms with Gasteiger partial charge in [-0.15, -0.1) is 0 Å². The molecule has 1 N–H and O–H groups in total. The molecule has 2 aromatic rings. The maximum absolute atomic E-state index is 13.4. The van der Waals surface area contributed by atoms with Gasteiger partial charge in [0.15, 0.2) is 11.5 Å². The number of nitrogens with zero attached hydrogens (tertiary/aromatic N) is 2. The quantitative estimate of drug-likeness (QED) is 0.464. The van der Waals surface area contributed by atoms with E-state index in [0.29, 0.717) is 36.7 Å². The first-order valence-corrected chi connectivity index (χ1v) is 14.0. The zero-order valence-corrected chi connectivity index (χ0v) is 22.1. The molecule has 1 aliphatic heterocycles. The lowest BCUT2D eigenvalue weighted by Gasteiger charge is -2.31. The summed E-state index contributed by atoms with van der Waals surface area (Å²) in [6.45, 7) is 6.67. The number of hydrogen-bond acceptors (Lipinski definition) is 6. The molecule has 3 rings (SSSR count). The minimum Gasteiger partial charge on any atom is -0.454 e. The molecule has 0 spiro atoms. The number of likely N-dealkylation sites (N-methyl/N-ethyl adjacent to an activating group) is 1. The predicted molar refractivity (Wildman–Crippen MR) is 138 cm³/mol. The van der Waals surface area contributed by atoms with Crippen molar-refractivity contribution in [3.8, 4) is 11.5 Å². The molecule has 0 bridgehead atoms. The first-order chi connectivity index (χ1) is 17.1. The second-order valence-electron chi connectivity index (χ2n) is 8.81. The molecule has 0 saturated heterocycles. The Bertz CT molecular complexity index is 1180. The summed E-state index contributed by atoms with van der Waals surface area (Å²) in [6.07, 6.45) is 1.98. The van der Waals surface area contributed by atoms with Gasteiger partial charge in [0.2, 0.25) is 28.6 Å². The smallest absolute Gasteiger partial charge is 0.242 e. The Labute approximate surface area is 213 Å². The fourth-order valence-corrected chi connectivity index (χ4v) is 5.22. The molecular formula is C26H35N3O6S. The number of rotatable bonds is 12. The van der Waals surface area contributed by atoms with Crippen molar-refractivity contribution in [3.05, 3.63) is 53.6 Å². The Kier molecular flexibility index (Phi) is 9.19. The van der Waals surface area contributed by atoms with E-state index in [1.54, 1.807) is 23.1 Å². The topological polar surface area (TPSA) is 105 Å². The number of sulfonamides is 1. The highest BCUT2D eigenvalue weighted by atomic mass is 32.2. The van der Waals surface area contributed by atoms with Crippen LogP contribution in [0.5, 0.6) is 11.5 Å². The second kappa shape index (κ2) is 12.1. The zero-order chi connectivity index (χ0) is 26.3. The standard InChI is InChI=1S/C26H35N3O6S/c1-5-22(26(31)27-6-2)28(17-20-10-7-9-19(3)15-20)25(30)11-8-14-29(36(4,32)33)21-12-13-23-24(16-21)35-18-34-23/h7,9-10,12-13,15-16,22H,5-6,8,11,14,17-18H2,1-4H3,(H,27,31)/t22-/m0/s1. The fraction of sp³-hybridized carbons (Fsp3) is 0.462. The Hall–Kier alpha value is -3.27. The lowest BCUT2D eigenvalue weighted by atomic mass is 10.1. The third kappa shape index (κ3) is 6.90. The summed E-state index contributed by atoms with van der Waals surface area (Å²) in [6, 6.07) is 12.2. The molecular weight excluding hydrogens is 482 g/mol. The predicted octanol–water partition coefficient (Wildman–Crippen LogP) is 3.21. The molecule has 0 aromatic heterocycles. The van der Waals surface area contributed by atoms with Crippen LogP contribution in [0.4, 0.5) is 5.69 Å². The van der Waals surface area contributed by atoms with Gasteiger partial charge >= 0.3 is 0 Å². The molecule has 196 valence electrons. The number of anilines is 1. The van der Waals surface area contributed by atoms with E-state index in [4.69, 9.17) is 9.47 Å². The third-order valence-corrected chi connectivity index (χ3v) is 7.16. The SMILES string of the molecule is CCNC(=O)[C@H](CC)N(Cc1cccc(C)c1)C(=O)CCCN(c1ccc2c(c1)OCO2)S(C)(=O)=O. The molecule has 10 heteroatoms. The van der Waals surface area contributed by atoms with Gasteiger partial charge in [0, 0.05) is 32.1 Å². The molecule has 0 saturated carbocycles. The summed E-state index contributed by atoms with van der Waals surface area (Å²) < 4.78 is 37.0. The van der Waals surface area contributed by atoms with Crippen molar-refractivity contribution in [2.75, 3.05) is 30.4 Å². The number of carbonyl (C=O) groups excluding carboxylic acids is 2. The number of fused-ring (bicyclic) bond motifs is 1. The van der Waals surface area contributed by atoms with Gasteiger partial charge in [-0.05, 0) is 44.4 Å². The van der Waals surface area contributed by atoms with E-state index in [1.807, 2.05) is 45.0 Å². The maximum Gasteiger partial charge on any atom is 0.242 e. The number of benzene rings is 2. The zero-order valence-electron chi connectivity index (χ0n) is 21.3. The second-order valence-corrected chi connectivity index (χ2v) is 10.7. The first-order valence-electron chi connectivity index (χ1n) is 12.1. The third-order valence-electron chi connectivity index (χ3n) is 5.97. The van der Waals surface area contributed by atoms with Crippen LogP contribution in [0.3, 0.4) is 0 Å². The average Bonchev–Trinajstić information content (AvgIpc) is 3.29. The molecule has 1 aliphatic rings. The lowest BCUT2D eigenvalue weighted by Crippen LogP contribution is -2.49. The molecule has 1 atom stereocenters. The Morgan fingerprint density at radius 3 is 2.50 bits per heavy atom. The maximum atomic E-state index is 13.4. The molecule has 1 heterocycles. The monoisotopic (exact) mass is 517 g/mol. The van der Waals surface area contributed by atoms with Crippen molar-refractivity contribution in [3.63, 3.8) is 0 Å². The van der Waals surface area contributed by atoms with Crippen LogP contribution in [-0.2, 0) is 26.2 Å². The van der Waals surface area contributed by atoms with Gasteiger partial charge in [0.25, 0.3) is 0 Å².